The van der Waals surface area contributed by atoms with Crippen LogP contribution in [0.2, 0.25) is 0 Å². The number of imide groups is 1. The van der Waals surface area contributed by atoms with E-state index in [1.54, 1.807) is 10.7 Å². The second-order valence-corrected chi connectivity index (χ2v) is 9.37. The third-order valence-corrected chi connectivity index (χ3v) is 7.15. The van der Waals surface area contributed by atoms with Crippen molar-refractivity contribution in [3.8, 4) is 11.3 Å². The minimum atomic E-state index is -1.10. The molecule has 4 aromatic rings. The minimum absolute atomic E-state index is 0.344. The Hall–Kier alpha value is -4.05. The van der Waals surface area contributed by atoms with Gasteiger partial charge in [-0.15, -0.1) is 5.10 Å². The molecule has 0 saturated carbocycles. The second-order valence-electron chi connectivity index (χ2n) is 8.41. The Balaban J connectivity index is 1.18. The number of anilines is 1. The third kappa shape index (κ3) is 3.26. The number of carbonyl (C=O) groups excluding carboxylic acids is 3. The molecule has 2 aromatic heterocycles. The molecule has 170 valence electrons. The van der Waals surface area contributed by atoms with E-state index >= 15 is 0 Å². The van der Waals surface area contributed by atoms with Crippen molar-refractivity contribution in [2.45, 2.75) is 24.8 Å². The minimum Gasteiger partial charge on any atom is -0.319 e. The van der Waals surface area contributed by atoms with Crippen LogP contribution in [0.5, 0.6) is 0 Å². The summed E-state index contributed by atoms with van der Waals surface area (Å²) in [4.78, 5) is 45.0. The third-order valence-electron chi connectivity index (χ3n) is 6.31. The van der Waals surface area contributed by atoms with Gasteiger partial charge in [-0.05, 0) is 30.4 Å². The van der Waals surface area contributed by atoms with Crippen LogP contribution < -0.4 is 10.6 Å². The van der Waals surface area contributed by atoms with Crippen LogP contribution in [0.25, 0.3) is 16.2 Å². The van der Waals surface area contributed by atoms with E-state index in [9.17, 15) is 14.4 Å². The quantitative estimate of drug-likeness (QED) is 0.444. The van der Waals surface area contributed by atoms with E-state index in [1.807, 2.05) is 54.6 Å². The first kappa shape index (κ1) is 20.5. The summed E-state index contributed by atoms with van der Waals surface area (Å²) in [5.74, 6) is -0.883. The fourth-order valence-corrected chi connectivity index (χ4v) is 5.55. The summed E-state index contributed by atoms with van der Waals surface area (Å²) < 4.78 is 1.60. The van der Waals surface area contributed by atoms with Crippen molar-refractivity contribution in [1.29, 1.82) is 0 Å². The molecule has 1 fully saturated rings. The maximum atomic E-state index is 13.4. The van der Waals surface area contributed by atoms with Crippen molar-refractivity contribution >= 4 is 39.3 Å². The van der Waals surface area contributed by atoms with E-state index < -0.39 is 17.5 Å². The van der Waals surface area contributed by atoms with Gasteiger partial charge in [0.2, 0.25) is 16.0 Å². The van der Waals surface area contributed by atoms with Crippen molar-refractivity contribution in [2.24, 2.45) is 0 Å². The van der Waals surface area contributed by atoms with Gasteiger partial charge in [-0.25, -0.2) is 14.3 Å². The first-order chi connectivity index (χ1) is 16.5. The molecule has 1 aliphatic carbocycles. The number of aromatic nitrogens is 3. The number of urea groups is 1. The number of nitrogens with zero attached hydrogens (tertiary/aromatic N) is 4. The van der Waals surface area contributed by atoms with Gasteiger partial charge in [0.05, 0.1) is 11.9 Å². The van der Waals surface area contributed by atoms with Gasteiger partial charge in [0.25, 0.3) is 5.91 Å². The van der Waals surface area contributed by atoms with Gasteiger partial charge in [-0.3, -0.25) is 19.8 Å². The highest BCUT2D eigenvalue weighted by Crippen LogP contribution is 2.39. The van der Waals surface area contributed by atoms with Crippen LogP contribution >= 0.6 is 11.3 Å². The summed E-state index contributed by atoms with van der Waals surface area (Å²) >= 11 is 1.22. The lowest BCUT2D eigenvalue weighted by atomic mass is 9.76. The summed E-state index contributed by atoms with van der Waals surface area (Å²) in [6.07, 6.45) is 3.95. The number of hydrogen-bond donors (Lipinski definition) is 2. The molecule has 9 nitrogen and oxygen atoms in total. The highest BCUT2D eigenvalue weighted by atomic mass is 32.1. The Morgan fingerprint density at radius 2 is 1.91 bits per heavy atom. The standard InChI is InChI=1S/C24H20N6O3S/c31-19(26-21-28-30-13-18(25-23(30)34-21)16-8-2-1-3-9-16)14-29-20(32)24(27-22(29)33)12-6-10-15-7-4-5-11-17(15)24/h1-5,7-9,11,13H,6,10,12,14H2,(H,27,33)(H,26,28,31)/t24-/m1/s1. The number of nitrogens with one attached hydrogen (secondary N) is 2. The molecule has 1 saturated heterocycles. The molecule has 0 radical (unpaired) electrons. The number of hydrogen-bond acceptors (Lipinski definition) is 6. The van der Waals surface area contributed by atoms with Crippen molar-refractivity contribution in [1.82, 2.24) is 24.8 Å². The normalized spacial score (nSPS) is 19.5. The highest BCUT2D eigenvalue weighted by molar-refractivity contribution is 7.20. The van der Waals surface area contributed by atoms with Crippen LogP contribution in [0, 0.1) is 0 Å². The lowest BCUT2D eigenvalue weighted by molar-refractivity contribution is -0.134. The Bertz CT molecular complexity index is 1410. The van der Waals surface area contributed by atoms with Crippen molar-refractivity contribution < 1.29 is 14.4 Å². The molecular formula is C24H20N6O3S. The van der Waals surface area contributed by atoms with Gasteiger partial charge >= 0.3 is 6.03 Å². The van der Waals surface area contributed by atoms with Crippen LogP contribution in [-0.2, 0) is 21.5 Å². The molecule has 1 atom stereocenters. The largest absolute Gasteiger partial charge is 0.325 e. The molecule has 1 spiro atoms. The lowest BCUT2D eigenvalue weighted by Crippen LogP contribution is -2.47. The highest BCUT2D eigenvalue weighted by Gasteiger charge is 2.54. The molecule has 4 amide bonds. The van der Waals surface area contributed by atoms with Crippen molar-refractivity contribution in [3.63, 3.8) is 0 Å². The molecule has 1 aliphatic heterocycles. The van der Waals surface area contributed by atoms with E-state index in [1.165, 1.54) is 11.3 Å². The van der Waals surface area contributed by atoms with Gasteiger partial charge < -0.3 is 5.32 Å². The zero-order valence-corrected chi connectivity index (χ0v) is 18.8. The van der Waals surface area contributed by atoms with Crippen LogP contribution in [0.4, 0.5) is 9.93 Å². The topological polar surface area (TPSA) is 109 Å². The number of amides is 4. The van der Waals surface area contributed by atoms with Gasteiger partial charge in [0.15, 0.2) is 0 Å². The molecule has 2 aliphatic rings. The summed E-state index contributed by atoms with van der Waals surface area (Å²) in [6.45, 7) is -0.383. The van der Waals surface area contributed by atoms with E-state index in [2.05, 4.69) is 20.7 Å². The van der Waals surface area contributed by atoms with Gasteiger partial charge in [0, 0.05) is 5.56 Å². The SMILES string of the molecule is O=C(CN1C(=O)N[C@@]2(CCCc3ccccc32)C1=O)Nc1nn2cc(-c3ccccc3)nc2s1. The Morgan fingerprint density at radius 3 is 2.74 bits per heavy atom. The average Bonchev–Trinajstić information content (AvgIpc) is 3.47. The monoisotopic (exact) mass is 472 g/mol. The summed E-state index contributed by atoms with van der Waals surface area (Å²) in [5, 5.41) is 10.3. The molecule has 3 heterocycles. The summed E-state index contributed by atoms with van der Waals surface area (Å²) in [6, 6.07) is 16.8. The van der Waals surface area contributed by atoms with Gasteiger partial charge in [-0.2, -0.15) is 0 Å². The number of imidazole rings is 1. The van der Waals surface area contributed by atoms with E-state index in [-0.39, 0.29) is 12.5 Å². The van der Waals surface area contributed by atoms with Crippen molar-refractivity contribution in [3.05, 3.63) is 71.9 Å². The first-order valence-electron chi connectivity index (χ1n) is 11.0. The summed E-state index contributed by atoms with van der Waals surface area (Å²) in [5.41, 5.74) is 2.53. The maximum Gasteiger partial charge on any atom is 0.325 e. The first-order valence-corrected chi connectivity index (χ1v) is 11.8. The molecule has 34 heavy (non-hydrogen) atoms. The van der Waals surface area contributed by atoms with Crippen LogP contribution in [0.15, 0.2) is 60.8 Å². The number of aryl methyl sites for hydroxylation is 1. The fraction of sp³-hybridized carbons (Fsp3) is 0.208. The van der Waals surface area contributed by atoms with Crippen LogP contribution in [-0.4, -0.2) is 43.9 Å². The summed E-state index contributed by atoms with van der Waals surface area (Å²) in [7, 11) is 0. The molecule has 0 unspecified atom stereocenters. The van der Waals surface area contributed by atoms with Gasteiger partial charge in [0.1, 0.15) is 12.1 Å². The molecule has 10 heteroatoms. The van der Waals surface area contributed by atoms with Crippen molar-refractivity contribution in [2.75, 3.05) is 11.9 Å². The molecule has 2 N–H and O–H groups in total. The predicted octanol–water partition coefficient (Wildman–Crippen LogP) is 3.18. The molecule has 0 bridgehead atoms. The fourth-order valence-electron chi connectivity index (χ4n) is 4.76. The number of fused-ring (bicyclic) bond motifs is 3. The predicted molar refractivity (Wildman–Crippen MR) is 126 cm³/mol. The zero-order chi connectivity index (χ0) is 23.3. The molecule has 2 aromatic carbocycles. The van der Waals surface area contributed by atoms with E-state index in [0.717, 1.165) is 40.1 Å². The Kier molecular flexibility index (Phi) is 4.70. The smallest absolute Gasteiger partial charge is 0.319 e. The molecule has 6 rings (SSSR count). The van der Waals surface area contributed by atoms with E-state index in [0.29, 0.717) is 16.5 Å². The Morgan fingerprint density at radius 1 is 1.12 bits per heavy atom. The molecular weight excluding hydrogens is 452 g/mol. The van der Waals surface area contributed by atoms with Crippen LogP contribution in [0.1, 0.15) is 24.0 Å². The number of benzene rings is 2. The van der Waals surface area contributed by atoms with E-state index in [4.69, 9.17) is 0 Å². The number of rotatable bonds is 4. The zero-order valence-electron chi connectivity index (χ0n) is 18.0. The number of carbonyl (C=O) groups is 3. The van der Waals surface area contributed by atoms with Crippen LogP contribution in [0.3, 0.4) is 0 Å². The average molecular weight is 473 g/mol. The Labute approximate surface area is 198 Å². The lowest BCUT2D eigenvalue weighted by Gasteiger charge is -2.33. The maximum absolute atomic E-state index is 13.4. The van der Waals surface area contributed by atoms with Gasteiger partial charge in [-0.1, -0.05) is 65.9 Å². The second kappa shape index (κ2) is 7.77.